The van der Waals surface area contributed by atoms with E-state index in [0.29, 0.717) is 11.5 Å². The van der Waals surface area contributed by atoms with Crippen molar-refractivity contribution in [1.82, 2.24) is 15.8 Å². The molecule has 0 aliphatic carbocycles. The van der Waals surface area contributed by atoms with Crippen LogP contribution in [0, 0.1) is 13.8 Å². The van der Waals surface area contributed by atoms with Crippen molar-refractivity contribution in [2.45, 2.75) is 32.9 Å². The lowest BCUT2D eigenvalue weighted by molar-refractivity contribution is -0.155. The zero-order valence-corrected chi connectivity index (χ0v) is 11.0. The highest BCUT2D eigenvalue weighted by atomic mass is 16.5. The Labute approximate surface area is 109 Å². The zero-order valence-electron chi connectivity index (χ0n) is 11.0. The summed E-state index contributed by atoms with van der Waals surface area (Å²) in [5.74, 6) is -0.797. The number of hydrogen-bond acceptors (Lipinski definition) is 5. The molecule has 0 radical (unpaired) electrons. The summed E-state index contributed by atoms with van der Waals surface area (Å²) in [7, 11) is 0. The fourth-order valence-corrected chi connectivity index (χ4v) is 1.31. The van der Waals surface area contributed by atoms with Gasteiger partial charge in [-0.15, -0.1) is 0 Å². The highest BCUT2D eigenvalue weighted by molar-refractivity contribution is 5.79. The van der Waals surface area contributed by atoms with Crippen molar-refractivity contribution >= 4 is 12.0 Å². The van der Waals surface area contributed by atoms with Crippen molar-refractivity contribution in [3.8, 4) is 0 Å². The molecule has 4 N–H and O–H groups in total. The van der Waals surface area contributed by atoms with Crippen LogP contribution < -0.4 is 10.6 Å². The second-order valence-corrected chi connectivity index (χ2v) is 4.42. The number of nitrogens with one attached hydrogen (secondary N) is 2. The van der Waals surface area contributed by atoms with Gasteiger partial charge in [0.25, 0.3) is 0 Å². The molecule has 8 nitrogen and oxygen atoms in total. The van der Waals surface area contributed by atoms with E-state index in [2.05, 4.69) is 15.8 Å². The van der Waals surface area contributed by atoms with Gasteiger partial charge in [0.05, 0.1) is 12.2 Å². The molecule has 0 fully saturated rings. The summed E-state index contributed by atoms with van der Waals surface area (Å²) in [5, 5.41) is 26.6. The molecule has 1 unspecified atom stereocenters. The standard InChI is InChI=1S/C11H17N3O5/c1-6-8(7(2)19-14-6)4-12-10(17)13-5-11(3,18)9(15)16/h18H,4-5H2,1-3H3,(H,15,16)(H2,12,13,17). The Bertz CT molecular complexity index is 461. The van der Waals surface area contributed by atoms with Crippen LogP contribution in [-0.2, 0) is 11.3 Å². The number of aromatic nitrogens is 1. The number of aryl methyl sites for hydroxylation is 2. The van der Waals surface area contributed by atoms with Crippen LogP contribution >= 0.6 is 0 Å². The fraction of sp³-hybridized carbons (Fsp3) is 0.545. The first kappa shape index (κ1) is 15.0. The van der Waals surface area contributed by atoms with Crippen LogP contribution in [-0.4, -0.2) is 39.5 Å². The van der Waals surface area contributed by atoms with E-state index < -0.39 is 24.1 Å². The van der Waals surface area contributed by atoms with Crippen LogP contribution in [0.2, 0.25) is 0 Å². The molecule has 0 aliphatic rings. The van der Waals surface area contributed by atoms with E-state index in [1.807, 2.05) is 0 Å². The van der Waals surface area contributed by atoms with E-state index in [1.54, 1.807) is 13.8 Å². The highest BCUT2D eigenvalue weighted by Crippen LogP contribution is 2.11. The van der Waals surface area contributed by atoms with Crippen molar-refractivity contribution in [3.63, 3.8) is 0 Å². The second kappa shape index (κ2) is 5.70. The van der Waals surface area contributed by atoms with Gasteiger partial charge < -0.3 is 25.4 Å². The number of urea groups is 1. The predicted molar refractivity (Wildman–Crippen MR) is 64.5 cm³/mol. The largest absolute Gasteiger partial charge is 0.479 e. The molecule has 0 saturated heterocycles. The van der Waals surface area contributed by atoms with E-state index in [-0.39, 0.29) is 6.54 Å². The number of carbonyl (C=O) groups is 2. The minimum Gasteiger partial charge on any atom is -0.479 e. The highest BCUT2D eigenvalue weighted by Gasteiger charge is 2.30. The maximum Gasteiger partial charge on any atom is 0.337 e. The Kier molecular flexibility index (Phi) is 4.49. The van der Waals surface area contributed by atoms with Crippen LogP contribution in [0.3, 0.4) is 0 Å². The maximum absolute atomic E-state index is 11.5. The Balaban J connectivity index is 2.43. The van der Waals surface area contributed by atoms with Crippen LogP contribution in [0.4, 0.5) is 4.79 Å². The first-order chi connectivity index (χ1) is 8.74. The van der Waals surface area contributed by atoms with Crippen molar-refractivity contribution in [2.75, 3.05) is 6.54 Å². The number of hydrogen-bond donors (Lipinski definition) is 4. The SMILES string of the molecule is Cc1noc(C)c1CNC(=O)NCC(C)(O)C(=O)O. The molecule has 1 rings (SSSR count). The van der Waals surface area contributed by atoms with Crippen molar-refractivity contribution in [3.05, 3.63) is 17.0 Å². The molecular formula is C11H17N3O5. The van der Waals surface area contributed by atoms with Crippen LogP contribution in [0.5, 0.6) is 0 Å². The molecule has 106 valence electrons. The minimum absolute atomic E-state index is 0.211. The Morgan fingerprint density at radius 3 is 2.47 bits per heavy atom. The Hall–Kier alpha value is -2.09. The summed E-state index contributed by atoms with van der Waals surface area (Å²) in [4.78, 5) is 22.1. The molecular weight excluding hydrogens is 254 g/mol. The Morgan fingerprint density at radius 1 is 1.37 bits per heavy atom. The molecule has 19 heavy (non-hydrogen) atoms. The van der Waals surface area contributed by atoms with Crippen LogP contribution in [0.1, 0.15) is 23.9 Å². The lowest BCUT2D eigenvalue weighted by Crippen LogP contribution is -2.49. The van der Waals surface area contributed by atoms with Crippen molar-refractivity contribution < 1.29 is 24.3 Å². The monoisotopic (exact) mass is 271 g/mol. The minimum atomic E-state index is -2.00. The van der Waals surface area contributed by atoms with Gasteiger partial charge in [-0.3, -0.25) is 0 Å². The van der Waals surface area contributed by atoms with Crippen molar-refractivity contribution in [1.29, 1.82) is 0 Å². The van der Waals surface area contributed by atoms with Gasteiger partial charge in [0, 0.05) is 12.1 Å². The molecule has 0 saturated carbocycles. The molecule has 1 aromatic heterocycles. The van der Waals surface area contributed by atoms with Gasteiger partial charge in [0.1, 0.15) is 5.76 Å². The summed E-state index contributed by atoms with van der Waals surface area (Å²) < 4.78 is 4.93. The predicted octanol–water partition coefficient (Wildman–Crippen LogP) is -0.0738. The van der Waals surface area contributed by atoms with Gasteiger partial charge in [0.15, 0.2) is 5.60 Å². The normalized spacial score (nSPS) is 13.7. The van der Waals surface area contributed by atoms with Gasteiger partial charge in [-0.05, 0) is 20.8 Å². The number of nitrogens with zero attached hydrogens (tertiary/aromatic N) is 1. The molecule has 2 amide bonds. The Morgan fingerprint density at radius 2 is 2.00 bits per heavy atom. The van der Waals surface area contributed by atoms with E-state index in [0.717, 1.165) is 12.5 Å². The average molecular weight is 271 g/mol. The third kappa shape index (κ3) is 3.95. The zero-order chi connectivity index (χ0) is 14.6. The smallest absolute Gasteiger partial charge is 0.337 e. The maximum atomic E-state index is 11.5. The topological polar surface area (TPSA) is 125 Å². The molecule has 8 heteroatoms. The number of aliphatic hydroxyl groups is 1. The quantitative estimate of drug-likeness (QED) is 0.594. The molecule has 0 aliphatic heterocycles. The van der Waals surface area contributed by atoms with Crippen LogP contribution in [0.15, 0.2) is 4.52 Å². The van der Waals surface area contributed by atoms with E-state index >= 15 is 0 Å². The number of rotatable bonds is 5. The number of aliphatic carboxylic acids is 1. The summed E-state index contributed by atoms with van der Waals surface area (Å²) in [5.41, 5.74) is -0.559. The molecule has 0 bridgehead atoms. The first-order valence-corrected chi connectivity index (χ1v) is 5.63. The van der Waals surface area contributed by atoms with Crippen molar-refractivity contribution in [2.24, 2.45) is 0 Å². The molecule has 1 atom stereocenters. The summed E-state index contributed by atoms with van der Waals surface area (Å²) in [6.07, 6.45) is 0. The second-order valence-electron chi connectivity index (χ2n) is 4.42. The van der Waals surface area contributed by atoms with Gasteiger partial charge >= 0.3 is 12.0 Å². The summed E-state index contributed by atoms with van der Waals surface area (Å²) >= 11 is 0. The lowest BCUT2D eigenvalue weighted by Gasteiger charge is -2.18. The van der Waals surface area contributed by atoms with E-state index in [1.165, 1.54) is 0 Å². The van der Waals surface area contributed by atoms with Gasteiger partial charge in [-0.25, -0.2) is 9.59 Å². The van der Waals surface area contributed by atoms with Gasteiger partial charge in [0.2, 0.25) is 0 Å². The van der Waals surface area contributed by atoms with Crippen LogP contribution in [0.25, 0.3) is 0 Å². The number of carboxylic acids is 1. The molecule has 1 aromatic rings. The fourth-order valence-electron chi connectivity index (χ4n) is 1.31. The third-order valence-electron chi connectivity index (χ3n) is 2.66. The number of amides is 2. The summed E-state index contributed by atoms with van der Waals surface area (Å²) in [6.45, 7) is 4.40. The molecule has 0 spiro atoms. The summed E-state index contributed by atoms with van der Waals surface area (Å²) in [6, 6.07) is -0.582. The van der Waals surface area contributed by atoms with Gasteiger partial charge in [-0.2, -0.15) is 0 Å². The third-order valence-corrected chi connectivity index (χ3v) is 2.66. The first-order valence-electron chi connectivity index (χ1n) is 5.63. The van der Waals surface area contributed by atoms with E-state index in [4.69, 9.17) is 9.63 Å². The molecule has 0 aromatic carbocycles. The molecule has 1 heterocycles. The number of carboxylic acid groups (broad SMARTS) is 1. The van der Waals surface area contributed by atoms with Gasteiger partial charge in [-0.1, -0.05) is 5.16 Å². The number of carbonyl (C=O) groups excluding carboxylic acids is 1. The van der Waals surface area contributed by atoms with E-state index in [9.17, 15) is 14.7 Å². The lowest BCUT2D eigenvalue weighted by atomic mass is 10.1. The average Bonchev–Trinajstić information content (AvgIpc) is 2.64.